The number of amides is 1. The van der Waals surface area contributed by atoms with E-state index in [9.17, 15) is 4.79 Å². The molecule has 2 heterocycles. The highest BCUT2D eigenvalue weighted by Gasteiger charge is 2.19. The number of hydrogen-bond acceptors (Lipinski definition) is 3. The lowest BCUT2D eigenvalue weighted by atomic mass is 10.2. The summed E-state index contributed by atoms with van der Waals surface area (Å²) in [6.45, 7) is 2.80. The fourth-order valence-corrected chi connectivity index (χ4v) is 3.46. The van der Waals surface area contributed by atoms with E-state index in [2.05, 4.69) is 26.2 Å². The van der Waals surface area contributed by atoms with Crippen LogP contribution >= 0.6 is 15.9 Å². The van der Waals surface area contributed by atoms with E-state index in [0.29, 0.717) is 24.7 Å². The number of carbonyl (C=O) groups is 1. The molecule has 1 N–H and O–H groups in total. The second-order valence-electron chi connectivity index (χ2n) is 5.32. The molecule has 5 nitrogen and oxygen atoms in total. The van der Waals surface area contributed by atoms with E-state index in [1.165, 1.54) is 0 Å². The highest BCUT2D eigenvalue weighted by molar-refractivity contribution is 9.10. The highest BCUT2D eigenvalue weighted by Crippen LogP contribution is 2.30. The number of carbonyl (C=O) groups excluding carboxylic acids is 1. The molecule has 124 valence electrons. The number of para-hydroxylation sites is 1. The van der Waals surface area contributed by atoms with E-state index in [4.69, 9.17) is 4.74 Å². The van der Waals surface area contributed by atoms with Crippen LogP contribution in [0, 0.1) is 0 Å². The average Bonchev–Trinajstić information content (AvgIpc) is 2.86. The van der Waals surface area contributed by atoms with E-state index in [1.54, 1.807) is 6.20 Å². The van der Waals surface area contributed by atoms with Gasteiger partial charge in [0.1, 0.15) is 5.69 Å². The second-order valence-corrected chi connectivity index (χ2v) is 6.12. The number of fused-ring (bicyclic) bond motifs is 1. The first-order chi connectivity index (χ1) is 11.6. The van der Waals surface area contributed by atoms with E-state index in [0.717, 1.165) is 20.9 Å². The largest absolute Gasteiger partial charge is 0.478 e. The number of aryl methyl sites for hydroxylation is 1. The van der Waals surface area contributed by atoms with Crippen molar-refractivity contribution in [2.24, 2.45) is 7.05 Å². The molecule has 0 bridgehead atoms. The molecule has 0 aliphatic rings. The van der Waals surface area contributed by atoms with Crippen LogP contribution in [-0.2, 0) is 13.6 Å². The fourth-order valence-electron chi connectivity index (χ4n) is 2.68. The fraction of sp³-hybridized carbons (Fsp3) is 0.222. The Morgan fingerprint density at radius 2 is 2.08 bits per heavy atom. The molecule has 3 rings (SSSR count). The van der Waals surface area contributed by atoms with Crippen molar-refractivity contribution < 1.29 is 9.53 Å². The number of nitrogens with zero attached hydrogens (tertiary/aromatic N) is 2. The van der Waals surface area contributed by atoms with Crippen molar-refractivity contribution in [3.63, 3.8) is 0 Å². The number of ether oxygens (including phenoxy) is 1. The maximum absolute atomic E-state index is 12.7. The van der Waals surface area contributed by atoms with Crippen molar-refractivity contribution in [1.82, 2.24) is 14.9 Å². The molecule has 2 aromatic heterocycles. The lowest BCUT2D eigenvalue weighted by molar-refractivity contribution is 0.0942. The molecule has 6 heteroatoms. The van der Waals surface area contributed by atoms with Gasteiger partial charge in [-0.05, 0) is 35.0 Å². The van der Waals surface area contributed by atoms with Crippen molar-refractivity contribution in [2.45, 2.75) is 13.5 Å². The van der Waals surface area contributed by atoms with Crippen LogP contribution in [0.25, 0.3) is 10.9 Å². The zero-order chi connectivity index (χ0) is 17.1. The van der Waals surface area contributed by atoms with Gasteiger partial charge in [-0.25, -0.2) is 4.98 Å². The van der Waals surface area contributed by atoms with Crippen molar-refractivity contribution in [3.05, 3.63) is 58.3 Å². The number of halogens is 1. The molecule has 1 aromatic carbocycles. The van der Waals surface area contributed by atoms with Gasteiger partial charge in [-0.3, -0.25) is 4.79 Å². The maximum Gasteiger partial charge on any atom is 0.269 e. The average molecular weight is 388 g/mol. The summed E-state index contributed by atoms with van der Waals surface area (Å²) in [6, 6.07) is 11.6. The summed E-state index contributed by atoms with van der Waals surface area (Å²) in [4.78, 5) is 16.9. The van der Waals surface area contributed by atoms with Gasteiger partial charge in [0.05, 0.1) is 11.1 Å². The van der Waals surface area contributed by atoms with Crippen LogP contribution in [-0.4, -0.2) is 22.1 Å². The molecule has 0 saturated heterocycles. The molecule has 0 aliphatic carbocycles. The molecule has 0 fully saturated rings. The Morgan fingerprint density at radius 1 is 1.29 bits per heavy atom. The van der Waals surface area contributed by atoms with Crippen molar-refractivity contribution in [2.75, 3.05) is 6.61 Å². The summed E-state index contributed by atoms with van der Waals surface area (Å²) >= 11 is 3.55. The van der Waals surface area contributed by atoms with Gasteiger partial charge in [0.2, 0.25) is 5.88 Å². The van der Waals surface area contributed by atoms with Gasteiger partial charge in [0.15, 0.2) is 0 Å². The maximum atomic E-state index is 12.7. The van der Waals surface area contributed by atoms with E-state index in [-0.39, 0.29) is 5.91 Å². The number of aromatic nitrogens is 2. The van der Waals surface area contributed by atoms with Gasteiger partial charge in [-0.15, -0.1) is 0 Å². The Kier molecular flexibility index (Phi) is 4.85. The second kappa shape index (κ2) is 7.05. The Balaban J connectivity index is 1.84. The number of benzene rings is 1. The van der Waals surface area contributed by atoms with Gasteiger partial charge in [-0.1, -0.05) is 24.3 Å². The Morgan fingerprint density at radius 3 is 2.83 bits per heavy atom. The molecule has 0 radical (unpaired) electrons. The van der Waals surface area contributed by atoms with Crippen molar-refractivity contribution in [3.8, 4) is 5.88 Å². The number of hydrogen-bond donors (Lipinski definition) is 1. The van der Waals surface area contributed by atoms with Crippen LogP contribution in [0.4, 0.5) is 0 Å². The first kappa shape index (κ1) is 16.5. The monoisotopic (exact) mass is 387 g/mol. The minimum Gasteiger partial charge on any atom is -0.478 e. The summed E-state index contributed by atoms with van der Waals surface area (Å²) in [6.07, 6.45) is 1.68. The lowest BCUT2D eigenvalue weighted by Gasteiger charge is -2.10. The number of nitrogens with one attached hydrogen (secondary N) is 1. The summed E-state index contributed by atoms with van der Waals surface area (Å²) in [5, 5.41) is 3.96. The third-order valence-corrected chi connectivity index (χ3v) is 4.63. The molecule has 3 aromatic rings. The zero-order valence-corrected chi connectivity index (χ0v) is 15.1. The smallest absolute Gasteiger partial charge is 0.269 e. The van der Waals surface area contributed by atoms with Gasteiger partial charge < -0.3 is 14.6 Å². The van der Waals surface area contributed by atoms with Gasteiger partial charge >= 0.3 is 0 Å². The number of pyridine rings is 1. The summed E-state index contributed by atoms with van der Waals surface area (Å²) in [7, 11) is 1.89. The van der Waals surface area contributed by atoms with Gasteiger partial charge in [0, 0.05) is 36.3 Å². The van der Waals surface area contributed by atoms with Crippen LogP contribution in [0.5, 0.6) is 5.88 Å². The Labute approximate surface area is 148 Å². The summed E-state index contributed by atoms with van der Waals surface area (Å²) < 4.78 is 8.18. The quantitative estimate of drug-likeness (QED) is 0.726. The van der Waals surface area contributed by atoms with Crippen LogP contribution in [0.15, 0.2) is 47.1 Å². The van der Waals surface area contributed by atoms with E-state index < -0.39 is 0 Å². The van der Waals surface area contributed by atoms with Gasteiger partial charge in [-0.2, -0.15) is 0 Å². The third-order valence-electron chi connectivity index (χ3n) is 3.83. The molecule has 24 heavy (non-hydrogen) atoms. The minimum atomic E-state index is -0.146. The topological polar surface area (TPSA) is 56.1 Å². The molecule has 0 aliphatic heterocycles. The predicted octanol–water partition coefficient (Wildman–Crippen LogP) is 3.66. The van der Waals surface area contributed by atoms with Crippen molar-refractivity contribution in [1.29, 1.82) is 0 Å². The standard InChI is InChI=1S/C18H18BrN3O2/c1-3-24-18-12(7-6-10-20-18)11-21-17(23)16-15(19)13-8-4-5-9-14(13)22(16)2/h4-10H,3,11H2,1-2H3,(H,21,23). The predicted molar refractivity (Wildman–Crippen MR) is 97.2 cm³/mol. The van der Waals surface area contributed by atoms with Crippen LogP contribution < -0.4 is 10.1 Å². The molecular formula is C18H18BrN3O2. The van der Waals surface area contributed by atoms with Crippen LogP contribution in [0.2, 0.25) is 0 Å². The van der Waals surface area contributed by atoms with E-state index in [1.807, 2.05) is 54.9 Å². The van der Waals surface area contributed by atoms with Crippen LogP contribution in [0.3, 0.4) is 0 Å². The molecule has 0 spiro atoms. The molecule has 0 atom stereocenters. The number of rotatable bonds is 5. The first-order valence-corrected chi connectivity index (χ1v) is 8.50. The summed E-state index contributed by atoms with van der Waals surface area (Å²) in [5.74, 6) is 0.406. The third kappa shape index (κ3) is 3.01. The zero-order valence-electron chi connectivity index (χ0n) is 13.5. The van der Waals surface area contributed by atoms with Crippen molar-refractivity contribution >= 4 is 32.7 Å². The van der Waals surface area contributed by atoms with Crippen LogP contribution in [0.1, 0.15) is 23.0 Å². The Hall–Kier alpha value is -2.34. The molecule has 0 unspecified atom stereocenters. The lowest BCUT2D eigenvalue weighted by Crippen LogP contribution is -2.25. The SMILES string of the molecule is CCOc1ncccc1CNC(=O)c1c(Br)c2ccccc2n1C. The normalized spacial score (nSPS) is 10.8. The first-order valence-electron chi connectivity index (χ1n) is 7.71. The Bertz CT molecular complexity index is 850. The molecule has 1 amide bonds. The van der Waals surface area contributed by atoms with E-state index >= 15 is 0 Å². The highest BCUT2D eigenvalue weighted by atomic mass is 79.9. The molecule has 0 saturated carbocycles. The minimum absolute atomic E-state index is 0.146. The summed E-state index contributed by atoms with van der Waals surface area (Å²) in [5.41, 5.74) is 2.45. The van der Waals surface area contributed by atoms with Gasteiger partial charge in [0.25, 0.3) is 5.91 Å². The molecular weight excluding hydrogens is 370 g/mol.